The molecule has 0 aromatic rings. The molecule has 3 saturated carbocycles. The molecule has 2 heterocycles. The Kier molecular flexibility index (Phi) is 6.20. The number of nitrogens with zero attached hydrogens (tertiary/aromatic N) is 2. The Hall–Kier alpha value is -2.98. The van der Waals surface area contributed by atoms with E-state index >= 15 is 0 Å². The maximum atomic E-state index is 13.6. The van der Waals surface area contributed by atoms with E-state index in [1.54, 1.807) is 5.32 Å². The molecule has 1 unspecified atom stereocenters. The van der Waals surface area contributed by atoms with Crippen LogP contribution in [0, 0.1) is 40.4 Å². The van der Waals surface area contributed by atoms with Crippen molar-refractivity contribution in [1.82, 2.24) is 20.9 Å². The van der Waals surface area contributed by atoms with Gasteiger partial charge < -0.3 is 20.9 Å². The van der Waals surface area contributed by atoms with E-state index in [1.165, 1.54) is 0 Å². The number of hydrogen-bond donors (Lipinski definition) is 3. The molecule has 2 aliphatic heterocycles. The number of likely N-dealkylation sites (tertiary alicyclic amines) is 1. The number of amides is 4. The highest BCUT2D eigenvalue weighted by molar-refractivity contribution is 5.95. The summed E-state index contributed by atoms with van der Waals surface area (Å²) in [7, 11) is 0. The normalized spacial score (nSPS) is 32.8. The number of hydrogen-bond acceptors (Lipinski definition) is 5. The fraction of sp³-hybridized carbons (Fsp3) is 0.800. The molecule has 5 rings (SSSR count). The number of halogens is 5. The van der Waals surface area contributed by atoms with Crippen LogP contribution in [0.15, 0.2) is 0 Å². The second-order valence-corrected chi connectivity index (χ2v) is 12.5. The van der Waals surface area contributed by atoms with Crippen LogP contribution in [0.2, 0.25) is 0 Å². The third-order valence-corrected chi connectivity index (χ3v) is 9.41. The van der Waals surface area contributed by atoms with E-state index in [1.807, 2.05) is 19.9 Å². The third-order valence-electron chi connectivity index (χ3n) is 9.41. The van der Waals surface area contributed by atoms with Crippen LogP contribution in [0.5, 0.6) is 0 Å². The Morgan fingerprint density at radius 2 is 1.79 bits per heavy atom. The first kappa shape index (κ1) is 27.6. The van der Waals surface area contributed by atoms with Crippen molar-refractivity contribution in [2.24, 2.45) is 29.1 Å². The lowest BCUT2D eigenvalue weighted by molar-refractivity contribution is -0.179. The lowest BCUT2D eigenvalue weighted by Gasteiger charge is -2.42. The van der Waals surface area contributed by atoms with E-state index < -0.39 is 72.6 Å². The Morgan fingerprint density at radius 3 is 2.31 bits per heavy atom. The maximum Gasteiger partial charge on any atom is 0.471 e. The second-order valence-electron chi connectivity index (χ2n) is 12.5. The van der Waals surface area contributed by atoms with Crippen molar-refractivity contribution in [1.29, 1.82) is 5.26 Å². The van der Waals surface area contributed by atoms with Gasteiger partial charge in [0.05, 0.1) is 6.07 Å². The zero-order valence-electron chi connectivity index (χ0n) is 21.4. The van der Waals surface area contributed by atoms with E-state index in [0.717, 1.165) is 17.7 Å². The predicted octanol–water partition coefficient (Wildman–Crippen LogP) is 1.63. The van der Waals surface area contributed by atoms with E-state index in [4.69, 9.17) is 0 Å². The van der Waals surface area contributed by atoms with Crippen LogP contribution in [0.1, 0.15) is 52.4 Å². The standard InChI is InChI=1S/C25H30F5N5O4/c1-22(2)14-10-35(20(38)16(12-7-24(26,27)8-12)33-21(39)25(28,29)30)17(15(14)22)19(37)32-13(9-31)5-11-6-23(3-4-23)34-18(11)36/h11-17H,3-8,10H2,1-2H3,(H,32,37)(H,33,39)(H,34,36)/t11-,13+,14+,15+,16?,17+/m1/s1. The summed E-state index contributed by atoms with van der Waals surface area (Å²) < 4.78 is 66.1. The Labute approximate surface area is 221 Å². The Morgan fingerprint density at radius 1 is 1.15 bits per heavy atom. The Bertz CT molecular complexity index is 1140. The largest absolute Gasteiger partial charge is 0.471 e. The van der Waals surface area contributed by atoms with Gasteiger partial charge >= 0.3 is 12.1 Å². The molecule has 6 atom stereocenters. The van der Waals surface area contributed by atoms with Gasteiger partial charge in [-0.15, -0.1) is 0 Å². The summed E-state index contributed by atoms with van der Waals surface area (Å²) >= 11 is 0. The van der Waals surface area contributed by atoms with Gasteiger partial charge in [0.25, 0.3) is 0 Å². The molecule has 3 aliphatic carbocycles. The molecule has 0 bridgehead atoms. The molecular weight excluding hydrogens is 529 g/mol. The van der Waals surface area contributed by atoms with E-state index in [9.17, 15) is 46.4 Å². The minimum atomic E-state index is -5.33. The van der Waals surface area contributed by atoms with Gasteiger partial charge in [-0.05, 0) is 48.9 Å². The van der Waals surface area contributed by atoms with Crippen LogP contribution in [0.25, 0.3) is 0 Å². The van der Waals surface area contributed by atoms with Gasteiger partial charge in [0.1, 0.15) is 18.1 Å². The fourth-order valence-corrected chi connectivity index (χ4v) is 6.87. The summed E-state index contributed by atoms with van der Waals surface area (Å²) in [5.41, 5.74) is -0.598. The summed E-state index contributed by atoms with van der Waals surface area (Å²) in [6.45, 7) is 3.75. The molecule has 3 N–H and O–H groups in total. The molecule has 5 aliphatic rings. The number of piperidine rings is 1. The van der Waals surface area contributed by atoms with Gasteiger partial charge in [-0.2, -0.15) is 18.4 Å². The van der Waals surface area contributed by atoms with Crippen LogP contribution in [0.3, 0.4) is 0 Å². The van der Waals surface area contributed by atoms with Crippen LogP contribution in [-0.4, -0.2) is 70.8 Å². The molecule has 4 amide bonds. The molecule has 14 heteroatoms. The van der Waals surface area contributed by atoms with Crippen molar-refractivity contribution < 1.29 is 41.1 Å². The minimum absolute atomic E-state index is 0.000852. The molecular formula is C25H30F5N5O4. The first-order chi connectivity index (χ1) is 18.0. The first-order valence-electron chi connectivity index (χ1n) is 13.1. The summed E-state index contributed by atoms with van der Waals surface area (Å²) in [6, 6.07) is -2.11. The zero-order valence-corrected chi connectivity index (χ0v) is 21.4. The van der Waals surface area contributed by atoms with Crippen molar-refractivity contribution in [2.75, 3.05) is 6.54 Å². The number of carbonyl (C=O) groups excluding carboxylic acids is 4. The molecule has 2 saturated heterocycles. The average Bonchev–Trinajstić information content (AvgIpc) is 3.53. The summed E-state index contributed by atoms with van der Waals surface area (Å²) in [4.78, 5) is 52.0. The van der Waals surface area contributed by atoms with Crippen molar-refractivity contribution in [3.63, 3.8) is 0 Å². The highest BCUT2D eigenvalue weighted by Gasteiger charge is 2.70. The highest BCUT2D eigenvalue weighted by Crippen LogP contribution is 2.65. The number of fused-ring (bicyclic) bond motifs is 1. The van der Waals surface area contributed by atoms with Gasteiger partial charge in [0.2, 0.25) is 23.6 Å². The molecule has 9 nitrogen and oxygen atoms in total. The van der Waals surface area contributed by atoms with Crippen LogP contribution < -0.4 is 16.0 Å². The van der Waals surface area contributed by atoms with Crippen LogP contribution in [0.4, 0.5) is 22.0 Å². The topological polar surface area (TPSA) is 131 Å². The highest BCUT2D eigenvalue weighted by atomic mass is 19.4. The Balaban J connectivity index is 1.32. The van der Waals surface area contributed by atoms with Crippen molar-refractivity contribution >= 4 is 23.6 Å². The van der Waals surface area contributed by atoms with Crippen molar-refractivity contribution in [2.45, 2.75) is 88.1 Å². The second kappa shape index (κ2) is 8.76. The number of rotatable bonds is 7. The number of nitriles is 1. The van der Waals surface area contributed by atoms with E-state index in [-0.39, 0.29) is 41.7 Å². The lowest BCUT2D eigenvalue weighted by Crippen LogP contribution is -2.62. The van der Waals surface area contributed by atoms with Gasteiger partial charge in [-0.25, -0.2) is 8.78 Å². The van der Waals surface area contributed by atoms with E-state index in [2.05, 4.69) is 10.6 Å². The van der Waals surface area contributed by atoms with Crippen molar-refractivity contribution in [3.8, 4) is 6.07 Å². The lowest BCUT2D eigenvalue weighted by atomic mass is 9.75. The summed E-state index contributed by atoms with van der Waals surface area (Å²) in [6.07, 6.45) is -4.74. The molecule has 0 aromatic carbocycles. The van der Waals surface area contributed by atoms with Gasteiger partial charge in [-0.1, -0.05) is 13.8 Å². The summed E-state index contributed by atoms with van der Waals surface area (Å²) in [5.74, 6) is -9.74. The SMILES string of the molecule is CC1(C)[C@@H]2[C@@H](C(=O)N[C@H](C#N)C[C@@H]3CC4(CC4)NC3=O)N(C(=O)C(NC(=O)C(F)(F)F)C3CC(F)(F)C3)C[C@@H]21. The average molecular weight is 560 g/mol. The molecule has 0 radical (unpaired) electrons. The van der Waals surface area contributed by atoms with Gasteiger partial charge in [-0.3, -0.25) is 19.2 Å². The molecule has 39 heavy (non-hydrogen) atoms. The fourth-order valence-electron chi connectivity index (χ4n) is 6.87. The number of carbonyl (C=O) groups is 4. The monoisotopic (exact) mass is 559 g/mol. The van der Waals surface area contributed by atoms with E-state index in [0.29, 0.717) is 6.42 Å². The zero-order chi connectivity index (χ0) is 28.7. The number of nitrogens with one attached hydrogen (secondary N) is 3. The quantitative estimate of drug-likeness (QED) is 0.408. The smallest absolute Gasteiger partial charge is 0.350 e. The molecule has 5 fully saturated rings. The number of alkyl halides is 5. The van der Waals surface area contributed by atoms with Crippen molar-refractivity contribution in [3.05, 3.63) is 0 Å². The molecule has 214 valence electrons. The van der Waals surface area contributed by atoms with Crippen LogP contribution in [-0.2, 0) is 19.2 Å². The first-order valence-corrected chi connectivity index (χ1v) is 13.1. The summed E-state index contributed by atoms with van der Waals surface area (Å²) in [5, 5.41) is 16.8. The minimum Gasteiger partial charge on any atom is -0.350 e. The maximum absolute atomic E-state index is 13.6. The molecule has 0 aromatic heterocycles. The third kappa shape index (κ3) is 4.93. The molecule has 1 spiro atoms. The van der Waals surface area contributed by atoms with Gasteiger partial charge in [0, 0.05) is 30.8 Å². The van der Waals surface area contributed by atoms with Crippen LogP contribution >= 0.6 is 0 Å². The van der Waals surface area contributed by atoms with Gasteiger partial charge in [0.15, 0.2) is 0 Å². The predicted molar refractivity (Wildman–Crippen MR) is 122 cm³/mol.